The summed E-state index contributed by atoms with van der Waals surface area (Å²) in [6, 6.07) is 0. The molecular weight excluding hydrogens is 304 g/mol. The molecule has 0 saturated carbocycles. The fourth-order valence-corrected chi connectivity index (χ4v) is 3.00. The fraction of sp³-hybridized carbons (Fsp3) is 0.944. The third-order valence-electron chi connectivity index (χ3n) is 4.61. The Morgan fingerprint density at radius 2 is 2.04 bits per heavy atom. The van der Waals surface area contributed by atoms with Crippen LogP contribution in [0.3, 0.4) is 0 Å². The Morgan fingerprint density at radius 3 is 2.71 bits per heavy atom. The van der Waals surface area contributed by atoms with E-state index in [2.05, 4.69) is 41.3 Å². The molecule has 0 radical (unpaired) electrons. The molecule has 0 aromatic rings. The monoisotopic (exact) mass is 342 g/mol. The van der Waals surface area contributed by atoms with Crippen LogP contribution in [0.4, 0.5) is 0 Å². The molecule has 1 fully saturated rings. The lowest BCUT2D eigenvalue weighted by Gasteiger charge is -2.43. The van der Waals surface area contributed by atoms with E-state index < -0.39 is 0 Å². The molecule has 2 N–H and O–H groups in total. The summed E-state index contributed by atoms with van der Waals surface area (Å²) in [7, 11) is 3.51. The number of methoxy groups -OCH3 is 1. The van der Waals surface area contributed by atoms with Crippen molar-refractivity contribution in [1.29, 1.82) is 0 Å². The van der Waals surface area contributed by atoms with Crippen molar-refractivity contribution in [1.82, 2.24) is 15.5 Å². The second-order valence-corrected chi connectivity index (χ2v) is 7.32. The van der Waals surface area contributed by atoms with Crippen LogP contribution in [0.1, 0.15) is 40.0 Å². The van der Waals surface area contributed by atoms with Gasteiger partial charge >= 0.3 is 0 Å². The lowest BCUT2D eigenvalue weighted by atomic mass is 9.93. The van der Waals surface area contributed by atoms with E-state index in [4.69, 9.17) is 9.47 Å². The predicted molar refractivity (Wildman–Crippen MR) is 101 cm³/mol. The molecule has 1 rings (SSSR count). The van der Waals surface area contributed by atoms with Gasteiger partial charge in [-0.25, -0.2) is 0 Å². The number of aliphatic imine (C=N–C) groups is 1. The molecule has 0 amide bonds. The summed E-state index contributed by atoms with van der Waals surface area (Å²) < 4.78 is 10.4. The molecule has 0 aliphatic carbocycles. The molecule has 1 aliphatic heterocycles. The van der Waals surface area contributed by atoms with Gasteiger partial charge in [0, 0.05) is 45.9 Å². The van der Waals surface area contributed by atoms with Crippen LogP contribution in [0.25, 0.3) is 0 Å². The predicted octanol–water partition coefficient (Wildman–Crippen LogP) is 1.72. The van der Waals surface area contributed by atoms with E-state index in [1.165, 1.54) is 25.9 Å². The number of nitrogens with zero attached hydrogens (tertiary/aromatic N) is 2. The van der Waals surface area contributed by atoms with Gasteiger partial charge in [-0.3, -0.25) is 9.89 Å². The van der Waals surface area contributed by atoms with Gasteiger partial charge in [0.05, 0.1) is 13.2 Å². The smallest absolute Gasteiger partial charge is 0.191 e. The molecule has 0 spiro atoms. The summed E-state index contributed by atoms with van der Waals surface area (Å²) in [5.74, 6) is 1.67. The third-order valence-corrected chi connectivity index (χ3v) is 4.61. The summed E-state index contributed by atoms with van der Waals surface area (Å²) in [5.41, 5.74) is 0.134. The van der Waals surface area contributed by atoms with Crippen LogP contribution in [0.5, 0.6) is 0 Å². The lowest BCUT2D eigenvalue weighted by molar-refractivity contribution is 0.0697. The van der Waals surface area contributed by atoms with Gasteiger partial charge < -0.3 is 20.1 Å². The van der Waals surface area contributed by atoms with E-state index in [1.807, 2.05) is 7.05 Å². The molecule has 0 bridgehead atoms. The van der Waals surface area contributed by atoms with Gasteiger partial charge in [-0.15, -0.1) is 0 Å². The Bertz CT molecular complexity index is 361. The van der Waals surface area contributed by atoms with Crippen LogP contribution in [-0.2, 0) is 9.47 Å². The summed E-state index contributed by atoms with van der Waals surface area (Å²) >= 11 is 0. The Hall–Kier alpha value is -0.850. The highest BCUT2D eigenvalue weighted by Crippen LogP contribution is 2.23. The minimum absolute atomic E-state index is 0.134. The maximum atomic E-state index is 5.46. The Balaban J connectivity index is 2.22. The third kappa shape index (κ3) is 8.31. The standard InChI is InChI=1S/C18H38N4O2/c1-16-8-6-10-22(14-16)18(2,3)15-21-17(19-4)20-9-7-11-24-13-12-23-5/h16H,6-15H2,1-5H3,(H2,19,20,21). The Labute approximate surface area is 148 Å². The van der Waals surface area contributed by atoms with E-state index in [0.717, 1.165) is 38.0 Å². The number of nitrogens with one attached hydrogen (secondary N) is 2. The van der Waals surface area contributed by atoms with Crippen LogP contribution < -0.4 is 10.6 Å². The van der Waals surface area contributed by atoms with Crippen LogP contribution in [0, 0.1) is 5.92 Å². The summed E-state index contributed by atoms with van der Waals surface area (Å²) in [4.78, 5) is 6.92. The first-order valence-corrected chi connectivity index (χ1v) is 9.26. The first-order chi connectivity index (χ1) is 11.5. The van der Waals surface area contributed by atoms with Crippen LogP contribution in [0.2, 0.25) is 0 Å². The molecule has 142 valence electrons. The number of hydrogen-bond donors (Lipinski definition) is 2. The zero-order valence-electron chi connectivity index (χ0n) is 16.4. The quantitative estimate of drug-likeness (QED) is 0.360. The van der Waals surface area contributed by atoms with Crippen molar-refractivity contribution in [3.63, 3.8) is 0 Å². The molecule has 1 unspecified atom stereocenters. The van der Waals surface area contributed by atoms with Gasteiger partial charge in [0.2, 0.25) is 0 Å². The Kier molecular flexibility index (Phi) is 10.3. The first kappa shape index (κ1) is 21.2. The van der Waals surface area contributed by atoms with Gasteiger partial charge in [-0.2, -0.15) is 0 Å². The summed E-state index contributed by atoms with van der Waals surface area (Å²) in [6.45, 7) is 13.2. The van der Waals surface area contributed by atoms with Crippen molar-refractivity contribution in [2.24, 2.45) is 10.9 Å². The van der Waals surface area contributed by atoms with Gasteiger partial charge in [0.1, 0.15) is 0 Å². The molecule has 1 heterocycles. The minimum Gasteiger partial charge on any atom is -0.382 e. The normalized spacial score (nSPS) is 20.2. The van der Waals surface area contributed by atoms with Crippen molar-refractivity contribution < 1.29 is 9.47 Å². The molecule has 1 saturated heterocycles. The molecule has 6 nitrogen and oxygen atoms in total. The minimum atomic E-state index is 0.134. The number of guanidine groups is 1. The number of ether oxygens (including phenoxy) is 2. The largest absolute Gasteiger partial charge is 0.382 e. The van der Waals surface area contributed by atoms with Gasteiger partial charge in [-0.1, -0.05) is 6.92 Å². The van der Waals surface area contributed by atoms with Crippen LogP contribution in [0.15, 0.2) is 4.99 Å². The lowest BCUT2D eigenvalue weighted by Crippen LogP contribution is -2.56. The average molecular weight is 343 g/mol. The van der Waals surface area contributed by atoms with E-state index in [-0.39, 0.29) is 5.54 Å². The average Bonchev–Trinajstić information content (AvgIpc) is 2.56. The molecule has 6 heteroatoms. The van der Waals surface area contributed by atoms with E-state index in [9.17, 15) is 0 Å². The summed E-state index contributed by atoms with van der Waals surface area (Å²) in [5, 5.41) is 6.82. The SMILES string of the molecule is CN=C(NCCCOCCOC)NCC(C)(C)N1CCCC(C)C1. The molecule has 0 aromatic carbocycles. The van der Waals surface area contributed by atoms with Crippen LogP contribution in [-0.4, -0.2) is 76.6 Å². The topological polar surface area (TPSA) is 58.1 Å². The van der Waals surface area contributed by atoms with Crippen molar-refractivity contribution >= 4 is 5.96 Å². The molecule has 0 aromatic heterocycles. The van der Waals surface area contributed by atoms with E-state index >= 15 is 0 Å². The highest BCUT2D eigenvalue weighted by atomic mass is 16.5. The van der Waals surface area contributed by atoms with Crippen molar-refractivity contribution in [3.05, 3.63) is 0 Å². The second-order valence-electron chi connectivity index (χ2n) is 7.32. The number of hydrogen-bond acceptors (Lipinski definition) is 4. The van der Waals surface area contributed by atoms with E-state index in [1.54, 1.807) is 7.11 Å². The highest BCUT2D eigenvalue weighted by Gasteiger charge is 2.30. The van der Waals surface area contributed by atoms with Crippen molar-refractivity contribution in [2.75, 3.05) is 60.2 Å². The van der Waals surface area contributed by atoms with Crippen molar-refractivity contribution in [3.8, 4) is 0 Å². The Morgan fingerprint density at radius 1 is 1.25 bits per heavy atom. The molecular formula is C18H38N4O2. The number of piperidine rings is 1. The molecule has 24 heavy (non-hydrogen) atoms. The fourth-order valence-electron chi connectivity index (χ4n) is 3.00. The number of likely N-dealkylation sites (tertiary alicyclic amines) is 1. The molecule has 1 aliphatic rings. The summed E-state index contributed by atoms with van der Waals surface area (Å²) in [6.07, 6.45) is 3.62. The van der Waals surface area contributed by atoms with Crippen molar-refractivity contribution in [2.45, 2.75) is 45.6 Å². The van der Waals surface area contributed by atoms with Gasteiger partial charge in [0.25, 0.3) is 0 Å². The first-order valence-electron chi connectivity index (χ1n) is 9.26. The zero-order valence-corrected chi connectivity index (χ0v) is 16.4. The van der Waals surface area contributed by atoms with Gasteiger partial charge in [0.15, 0.2) is 5.96 Å². The molecule has 1 atom stereocenters. The maximum Gasteiger partial charge on any atom is 0.191 e. The van der Waals surface area contributed by atoms with Crippen LogP contribution >= 0.6 is 0 Å². The highest BCUT2D eigenvalue weighted by molar-refractivity contribution is 5.79. The maximum absolute atomic E-state index is 5.46. The second kappa shape index (κ2) is 11.7. The van der Waals surface area contributed by atoms with E-state index in [0.29, 0.717) is 13.2 Å². The number of rotatable bonds is 10. The van der Waals surface area contributed by atoms with Gasteiger partial charge in [-0.05, 0) is 45.6 Å². The zero-order chi connectivity index (χ0) is 17.8.